The molecule has 0 bridgehead atoms. The standard InChI is InChI=1S/C9H10N2O/c12-11-10-8-4-7-9-5-2-1-3-6-9/h1-7H,8H2,(H,10,12). The molecule has 0 saturated carbocycles. The monoisotopic (exact) mass is 162 g/mol. The third-order valence-electron chi connectivity index (χ3n) is 1.38. The van der Waals surface area contributed by atoms with Crippen molar-refractivity contribution >= 4 is 6.08 Å². The fourth-order valence-corrected chi connectivity index (χ4v) is 0.849. The minimum absolute atomic E-state index is 0.471. The van der Waals surface area contributed by atoms with E-state index in [0.717, 1.165) is 5.56 Å². The minimum atomic E-state index is 0.471. The van der Waals surface area contributed by atoms with Gasteiger partial charge in [0.15, 0.2) is 0 Å². The SMILES string of the molecule is O=NNCC=Cc1ccccc1. The third kappa shape index (κ3) is 2.96. The molecule has 0 radical (unpaired) electrons. The molecule has 0 heterocycles. The molecule has 12 heavy (non-hydrogen) atoms. The van der Waals surface area contributed by atoms with Gasteiger partial charge >= 0.3 is 0 Å². The molecule has 3 nitrogen and oxygen atoms in total. The zero-order valence-corrected chi connectivity index (χ0v) is 6.60. The van der Waals surface area contributed by atoms with Gasteiger partial charge in [-0.3, -0.25) is 5.43 Å². The second-order valence-corrected chi connectivity index (χ2v) is 2.27. The molecule has 0 atom stereocenters. The molecule has 0 spiro atoms. The van der Waals surface area contributed by atoms with Crippen LogP contribution in [0.25, 0.3) is 6.08 Å². The van der Waals surface area contributed by atoms with Gasteiger partial charge in [-0.2, -0.15) is 0 Å². The van der Waals surface area contributed by atoms with Gasteiger partial charge in [0, 0.05) is 5.29 Å². The minimum Gasteiger partial charge on any atom is -0.270 e. The Kier molecular flexibility index (Phi) is 3.57. The lowest BCUT2D eigenvalue weighted by atomic mass is 10.2. The molecule has 0 fully saturated rings. The Hall–Kier alpha value is -1.64. The maximum atomic E-state index is 9.62. The molecule has 0 unspecified atom stereocenters. The highest BCUT2D eigenvalue weighted by molar-refractivity contribution is 5.48. The average Bonchev–Trinajstić information content (AvgIpc) is 2.14. The van der Waals surface area contributed by atoms with Crippen molar-refractivity contribution in [1.82, 2.24) is 5.43 Å². The first kappa shape index (κ1) is 8.46. The number of nitrogens with one attached hydrogen (secondary N) is 1. The van der Waals surface area contributed by atoms with Crippen LogP contribution in [0.4, 0.5) is 0 Å². The number of nitrogens with zero attached hydrogens (tertiary/aromatic N) is 1. The molecular weight excluding hydrogens is 152 g/mol. The van der Waals surface area contributed by atoms with Crippen LogP contribution in [-0.2, 0) is 0 Å². The Morgan fingerprint density at radius 1 is 1.33 bits per heavy atom. The van der Waals surface area contributed by atoms with Crippen molar-refractivity contribution in [2.75, 3.05) is 6.54 Å². The molecule has 0 aliphatic rings. The van der Waals surface area contributed by atoms with Gasteiger partial charge in [0.25, 0.3) is 0 Å². The molecule has 3 heteroatoms. The summed E-state index contributed by atoms with van der Waals surface area (Å²) in [5.74, 6) is 0. The summed E-state index contributed by atoms with van der Waals surface area (Å²) in [5, 5.41) is 2.52. The van der Waals surface area contributed by atoms with E-state index >= 15 is 0 Å². The Bertz CT molecular complexity index is 256. The van der Waals surface area contributed by atoms with Crippen molar-refractivity contribution in [2.24, 2.45) is 5.29 Å². The van der Waals surface area contributed by atoms with E-state index in [1.54, 1.807) is 0 Å². The highest BCUT2D eigenvalue weighted by atomic mass is 16.3. The van der Waals surface area contributed by atoms with Gasteiger partial charge < -0.3 is 0 Å². The van der Waals surface area contributed by atoms with E-state index in [1.165, 1.54) is 0 Å². The number of benzene rings is 1. The first-order valence-electron chi connectivity index (χ1n) is 3.70. The van der Waals surface area contributed by atoms with Gasteiger partial charge in [0.05, 0.1) is 6.54 Å². The van der Waals surface area contributed by atoms with Crippen molar-refractivity contribution in [2.45, 2.75) is 0 Å². The van der Waals surface area contributed by atoms with Crippen LogP contribution in [0.1, 0.15) is 5.56 Å². The van der Waals surface area contributed by atoms with Crippen LogP contribution in [0.15, 0.2) is 41.7 Å². The van der Waals surface area contributed by atoms with E-state index in [0.29, 0.717) is 6.54 Å². The second-order valence-electron chi connectivity index (χ2n) is 2.27. The Balaban J connectivity index is 2.41. The van der Waals surface area contributed by atoms with Gasteiger partial charge in [-0.15, -0.1) is 4.91 Å². The van der Waals surface area contributed by atoms with Gasteiger partial charge in [0.2, 0.25) is 0 Å². The van der Waals surface area contributed by atoms with E-state index in [1.807, 2.05) is 42.5 Å². The topological polar surface area (TPSA) is 41.5 Å². The summed E-state index contributed by atoms with van der Waals surface area (Å²) < 4.78 is 0. The van der Waals surface area contributed by atoms with Gasteiger partial charge in [-0.1, -0.05) is 42.5 Å². The van der Waals surface area contributed by atoms with Gasteiger partial charge in [-0.25, -0.2) is 0 Å². The van der Waals surface area contributed by atoms with Crippen LogP contribution in [-0.4, -0.2) is 6.54 Å². The summed E-state index contributed by atoms with van der Waals surface area (Å²) in [6.07, 6.45) is 3.77. The Labute approximate surface area is 71.1 Å². The number of hydrogen-bond acceptors (Lipinski definition) is 2. The van der Waals surface area contributed by atoms with Crippen molar-refractivity contribution in [3.8, 4) is 0 Å². The maximum Gasteiger partial charge on any atom is 0.0545 e. The molecular formula is C9H10N2O. The molecule has 0 aliphatic carbocycles. The smallest absolute Gasteiger partial charge is 0.0545 e. The molecule has 1 aromatic rings. The first-order valence-corrected chi connectivity index (χ1v) is 3.70. The molecule has 0 saturated heterocycles. The van der Waals surface area contributed by atoms with Crippen LogP contribution < -0.4 is 5.43 Å². The summed E-state index contributed by atoms with van der Waals surface area (Å²) in [6.45, 7) is 0.471. The van der Waals surface area contributed by atoms with Crippen LogP contribution >= 0.6 is 0 Å². The molecule has 0 amide bonds. The Morgan fingerprint density at radius 3 is 2.75 bits per heavy atom. The second kappa shape index (κ2) is 5.07. The third-order valence-corrected chi connectivity index (χ3v) is 1.38. The van der Waals surface area contributed by atoms with Crippen LogP contribution in [0.5, 0.6) is 0 Å². The van der Waals surface area contributed by atoms with Gasteiger partial charge in [-0.05, 0) is 5.56 Å². The molecule has 0 aromatic heterocycles. The highest BCUT2D eigenvalue weighted by Crippen LogP contribution is 1.99. The van der Waals surface area contributed by atoms with Crippen LogP contribution in [0.3, 0.4) is 0 Å². The quantitative estimate of drug-likeness (QED) is 0.417. The number of rotatable bonds is 4. The number of nitroso groups, excluding NO2 is 1. The highest BCUT2D eigenvalue weighted by Gasteiger charge is 1.81. The molecule has 0 aliphatic heterocycles. The van der Waals surface area contributed by atoms with Gasteiger partial charge in [0.1, 0.15) is 0 Å². The first-order chi connectivity index (χ1) is 5.93. The fourth-order valence-electron chi connectivity index (χ4n) is 0.849. The van der Waals surface area contributed by atoms with E-state index in [9.17, 15) is 4.91 Å². The summed E-state index contributed by atoms with van der Waals surface area (Å²) in [6, 6.07) is 9.87. The lowest BCUT2D eigenvalue weighted by molar-refractivity contribution is 0.818. The average molecular weight is 162 g/mol. The van der Waals surface area contributed by atoms with E-state index < -0.39 is 0 Å². The molecule has 1 aromatic carbocycles. The maximum absolute atomic E-state index is 9.62. The van der Waals surface area contributed by atoms with Crippen molar-refractivity contribution in [3.05, 3.63) is 46.9 Å². The predicted molar refractivity (Wildman–Crippen MR) is 49.3 cm³/mol. The summed E-state index contributed by atoms with van der Waals surface area (Å²) in [5.41, 5.74) is 3.42. The summed E-state index contributed by atoms with van der Waals surface area (Å²) >= 11 is 0. The lowest BCUT2D eigenvalue weighted by Gasteiger charge is -1.90. The van der Waals surface area contributed by atoms with Crippen molar-refractivity contribution in [3.63, 3.8) is 0 Å². The molecule has 1 rings (SSSR count). The number of hydrogen-bond donors (Lipinski definition) is 1. The normalized spacial score (nSPS) is 10.0. The lowest BCUT2D eigenvalue weighted by Crippen LogP contribution is -2.01. The van der Waals surface area contributed by atoms with Crippen LogP contribution in [0.2, 0.25) is 0 Å². The zero-order chi connectivity index (χ0) is 8.65. The predicted octanol–water partition coefficient (Wildman–Crippen LogP) is 1.97. The van der Waals surface area contributed by atoms with E-state index in [4.69, 9.17) is 0 Å². The van der Waals surface area contributed by atoms with E-state index in [-0.39, 0.29) is 0 Å². The molecule has 1 N–H and O–H groups in total. The van der Waals surface area contributed by atoms with Crippen molar-refractivity contribution < 1.29 is 0 Å². The summed E-state index contributed by atoms with van der Waals surface area (Å²) in [7, 11) is 0. The Morgan fingerprint density at radius 2 is 2.08 bits per heavy atom. The largest absolute Gasteiger partial charge is 0.270 e. The van der Waals surface area contributed by atoms with Crippen molar-refractivity contribution in [1.29, 1.82) is 0 Å². The fraction of sp³-hybridized carbons (Fsp3) is 0.111. The van der Waals surface area contributed by atoms with Crippen LogP contribution in [0, 0.1) is 4.91 Å². The van der Waals surface area contributed by atoms with E-state index in [2.05, 4.69) is 10.7 Å². The zero-order valence-electron chi connectivity index (χ0n) is 6.60. The molecule has 62 valence electrons. The summed E-state index contributed by atoms with van der Waals surface area (Å²) in [4.78, 5) is 9.62.